The van der Waals surface area contributed by atoms with E-state index in [9.17, 15) is 0 Å². The maximum atomic E-state index is 4.63. The van der Waals surface area contributed by atoms with E-state index in [-0.39, 0.29) is 0 Å². The highest BCUT2D eigenvalue weighted by Crippen LogP contribution is 2.30. The Morgan fingerprint density at radius 1 is 0.892 bits per heavy atom. The summed E-state index contributed by atoms with van der Waals surface area (Å²) in [5.74, 6) is 0. The Kier molecular flexibility index (Phi) is 6.38. The van der Waals surface area contributed by atoms with Crippen LogP contribution in [0.1, 0.15) is 36.2 Å². The first-order chi connectivity index (χ1) is 18.2. The summed E-state index contributed by atoms with van der Waals surface area (Å²) in [4.78, 5) is 11.6. The van der Waals surface area contributed by atoms with E-state index in [0.29, 0.717) is 0 Å². The molecule has 6 rings (SSSR count). The first-order valence-electron chi connectivity index (χ1n) is 12.9. The Bertz CT molecular complexity index is 1510. The molecule has 37 heavy (non-hydrogen) atoms. The number of hydrogen-bond donors (Lipinski definition) is 2. The maximum Gasteiger partial charge on any atom is 0.116 e. The van der Waals surface area contributed by atoms with Crippen LogP contribution in [0.4, 0.5) is 11.4 Å². The third-order valence-corrected chi connectivity index (χ3v) is 6.98. The zero-order valence-electron chi connectivity index (χ0n) is 20.8. The van der Waals surface area contributed by atoms with Crippen molar-refractivity contribution in [2.24, 2.45) is 0 Å². The number of pyridine rings is 2. The third kappa shape index (κ3) is 5.09. The monoisotopic (exact) mass is 486 g/mol. The number of hydrogen-bond acceptors (Lipinski definition) is 5. The van der Waals surface area contributed by atoms with Crippen molar-refractivity contribution < 1.29 is 0 Å². The predicted octanol–water partition coefficient (Wildman–Crippen LogP) is 6.68. The van der Waals surface area contributed by atoms with Crippen LogP contribution in [0.3, 0.4) is 0 Å². The largest absolute Gasteiger partial charge is 0.370 e. The highest BCUT2D eigenvalue weighted by Gasteiger charge is 2.14. The lowest BCUT2D eigenvalue weighted by Crippen LogP contribution is -2.29. The van der Waals surface area contributed by atoms with Gasteiger partial charge in [-0.3, -0.25) is 15.1 Å². The van der Waals surface area contributed by atoms with Crippen molar-refractivity contribution in [3.8, 4) is 11.1 Å². The molecule has 1 saturated heterocycles. The van der Waals surface area contributed by atoms with E-state index in [0.717, 1.165) is 64.3 Å². The normalized spacial score (nSPS) is 13.6. The predicted molar refractivity (Wildman–Crippen MR) is 152 cm³/mol. The molecule has 1 aliphatic rings. The second kappa shape index (κ2) is 10.3. The average molecular weight is 487 g/mol. The van der Waals surface area contributed by atoms with Gasteiger partial charge in [0.15, 0.2) is 0 Å². The molecule has 3 aromatic heterocycles. The lowest BCUT2D eigenvalue weighted by atomic mass is 10.0. The van der Waals surface area contributed by atoms with Gasteiger partial charge in [0.2, 0.25) is 0 Å². The molecule has 2 aromatic carbocycles. The smallest absolute Gasteiger partial charge is 0.116 e. The second-order valence-electron chi connectivity index (χ2n) is 9.62. The van der Waals surface area contributed by atoms with E-state index in [1.807, 2.05) is 36.8 Å². The van der Waals surface area contributed by atoms with Gasteiger partial charge in [0.05, 0.1) is 35.0 Å². The first kappa shape index (κ1) is 23.0. The molecular weight excluding hydrogens is 456 g/mol. The van der Waals surface area contributed by atoms with Crippen molar-refractivity contribution >= 4 is 28.0 Å². The Balaban J connectivity index is 1.21. The van der Waals surface area contributed by atoms with Crippen molar-refractivity contribution in [2.75, 3.05) is 23.3 Å². The topological polar surface area (TPSA) is 69.7 Å². The number of nitrogens with one attached hydrogen (secondary N) is 2. The first-order valence-corrected chi connectivity index (χ1v) is 12.9. The summed E-state index contributed by atoms with van der Waals surface area (Å²) in [7, 11) is 0. The van der Waals surface area contributed by atoms with E-state index in [1.54, 1.807) is 0 Å². The number of rotatable bonds is 7. The van der Waals surface area contributed by atoms with Crippen LogP contribution in [0, 0.1) is 0 Å². The van der Waals surface area contributed by atoms with Gasteiger partial charge in [0, 0.05) is 42.4 Å². The van der Waals surface area contributed by atoms with E-state index in [4.69, 9.17) is 0 Å². The van der Waals surface area contributed by atoms with Gasteiger partial charge in [0.25, 0.3) is 0 Å². The lowest BCUT2D eigenvalue weighted by Gasteiger charge is -2.28. The lowest BCUT2D eigenvalue weighted by molar-refractivity contribution is 0.577. The van der Waals surface area contributed by atoms with Crippen molar-refractivity contribution in [1.29, 1.82) is 0 Å². The van der Waals surface area contributed by atoms with Crippen LogP contribution in [0.5, 0.6) is 0 Å². The molecule has 4 heterocycles. The number of nitrogens with zero attached hydrogens (tertiary/aromatic N) is 4. The second-order valence-corrected chi connectivity index (χ2v) is 9.62. The number of benzene rings is 2. The van der Waals surface area contributed by atoms with Crippen LogP contribution in [0.25, 0.3) is 27.7 Å². The van der Waals surface area contributed by atoms with Gasteiger partial charge < -0.3 is 10.2 Å². The van der Waals surface area contributed by atoms with Crippen LogP contribution >= 0.6 is 0 Å². The number of H-pyrrole nitrogens is 1. The Hall–Kier alpha value is -4.45. The molecule has 0 atom stereocenters. The molecule has 0 radical (unpaired) electrons. The summed E-state index contributed by atoms with van der Waals surface area (Å²) >= 11 is 0. The summed E-state index contributed by atoms with van der Waals surface area (Å²) in [5.41, 5.74) is 9.06. The van der Waals surface area contributed by atoms with Crippen molar-refractivity contribution in [3.05, 3.63) is 109 Å². The van der Waals surface area contributed by atoms with Crippen LogP contribution in [0.15, 0.2) is 91.9 Å². The minimum absolute atomic E-state index is 0.723. The highest BCUT2D eigenvalue weighted by atomic mass is 15.1. The Labute approximate surface area is 217 Å². The molecule has 0 saturated carbocycles. The number of fused-ring (bicyclic) bond motifs is 1. The molecule has 1 aliphatic heterocycles. The number of aromatic nitrogens is 4. The molecule has 184 valence electrons. The molecule has 0 bridgehead atoms. The molecule has 0 aliphatic carbocycles. The van der Waals surface area contributed by atoms with Gasteiger partial charge >= 0.3 is 0 Å². The number of anilines is 2. The number of aromatic amines is 1. The molecule has 5 aromatic rings. The van der Waals surface area contributed by atoms with E-state index in [1.165, 1.54) is 30.5 Å². The standard InChI is InChI=1S/C31H30N6/c1-22(34-27-12-11-26(33-20-27)16-23-8-4-2-5-9-23)31-29-18-24(10-13-30(29)35-36-31)25-17-28(21-32-19-25)37-14-6-3-7-15-37/h2,4-5,8-13,17-21,34H,1,3,6-7,14-16H2,(H,35,36). The van der Waals surface area contributed by atoms with E-state index < -0.39 is 0 Å². The maximum absolute atomic E-state index is 4.63. The molecule has 0 amide bonds. The molecule has 2 N–H and O–H groups in total. The van der Waals surface area contributed by atoms with Gasteiger partial charge in [-0.1, -0.05) is 43.0 Å². The molecule has 1 fully saturated rings. The highest BCUT2D eigenvalue weighted by molar-refractivity contribution is 5.95. The molecular formula is C31H30N6. The summed E-state index contributed by atoms with van der Waals surface area (Å²) < 4.78 is 0. The summed E-state index contributed by atoms with van der Waals surface area (Å²) in [6.07, 6.45) is 10.4. The summed E-state index contributed by atoms with van der Waals surface area (Å²) in [6.45, 7) is 6.47. The van der Waals surface area contributed by atoms with Gasteiger partial charge in [-0.25, -0.2) is 0 Å². The summed E-state index contributed by atoms with van der Waals surface area (Å²) in [6, 6.07) is 23.1. The fraction of sp³-hybridized carbons (Fsp3) is 0.194. The molecule has 6 nitrogen and oxygen atoms in total. The fourth-order valence-corrected chi connectivity index (χ4v) is 4.98. The minimum atomic E-state index is 0.723. The Morgan fingerprint density at radius 2 is 1.76 bits per heavy atom. The van der Waals surface area contributed by atoms with Crippen LogP contribution < -0.4 is 10.2 Å². The van der Waals surface area contributed by atoms with Gasteiger partial charge in [-0.15, -0.1) is 0 Å². The van der Waals surface area contributed by atoms with Crippen LogP contribution in [-0.4, -0.2) is 33.3 Å². The van der Waals surface area contributed by atoms with Crippen LogP contribution in [0.2, 0.25) is 0 Å². The number of piperidine rings is 1. The van der Waals surface area contributed by atoms with Gasteiger partial charge in [-0.05, 0) is 60.7 Å². The molecule has 0 unspecified atom stereocenters. The zero-order valence-corrected chi connectivity index (χ0v) is 20.8. The molecule has 0 spiro atoms. The average Bonchev–Trinajstić information content (AvgIpc) is 3.39. The third-order valence-electron chi connectivity index (χ3n) is 6.98. The van der Waals surface area contributed by atoms with Crippen molar-refractivity contribution in [3.63, 3.8) is 0 Å². The van der Waals surface area contributed by atoms with E-state index >= 15 is 0 Å². The Morgan fingerprint density at radius 3 is 2.57 bits per heavy atom. The van der Waals surface area contributed by atoms with Gasteiger partial charge in [-0.2, -0.15) is 5.10 Å². The summed E-state index contributed by atoms with van der Waals surface area (Å²) in [5, 5.41) is 12.1. The quantitative estimate of drug-likeness (QED) is 0.268. The fourth-order valence-electron chi connectivity index (χ4n) is 4.98. The van der Waals surface area contributed by atoms with Crippen molar-refractivity contribution in [2.45, 2.75) is 25.7 Å². The van der Waals surface area contributed by atoms with Gasteiger partial charge in [0.1, 0.15) is 5.69 Å². The zero-order chi connectivity index (χ0) is 25.0. The van der Waals surface area contributed by atoms with Crippen LogP contribution in [-0.2, 0) is 6.42 Å². The van der Waals surface area contributed by atoms with Crippen molar-refractivity contribution in [1.82, 2.24) is 20.2 Å². The van der Waals surface area contributed by atoms with E-state index in [2.05, 4.69) is 85.5 Å². The molecule has 6 heteroatoms. The minimum Gasteiger partial charge on any atom is -0.370 e. The SMILES string of the molecule is C=C(Nc1ccc(Cc2ccccc2)nc1)c1n[nH]c2ccc(-c3cncc(N4CCCCC4)c3)cc12.